The van der Waals surface area contributed by atoms with Gasteiger partial charge in [-0.15, -0.1) is 0 Å². The Labute approximate surface area is 146 Å². The van der Waals surface area contributed by atoms with Crippen molar-refractivity contribution in [2.24, 2.45) is 4.99 Å². The Balaban J connectivity index is 1.59. The van der Waals surface area contributed by atoms with E-state index >= 15 is 0 Å². The highest BCUT2D eigenvalue weighted by Crippen LogP contribution is 2.18. The maximum Gasteiger partial charge on any atom is 0.129 e. The minimum Gasteiger partial charge on any atom is -0.497 e. The molecule has 0 aliphatic carbocycles. The minimum atomic E-state index is -0.259. The maximum atomic E-state index is 13.6. The lowest BCUT2D eigenvalue weighted by Crippen LogP contribution is -1.98. The number of benzene rings is 3. The molecule has 0 saturated heterocycles. The summed E-state index contributed by atoms with van der Waals surface area (Å²) in [6.07, 6.45) is 1.78. The summed E-state index contributed by atoms with van der Waals surface area (Å²) in [6, 6.07) is 21.6. The van der Waals surface area contributed by atoms with Crippen LogP contribution in [-0.2, 0) is 6.61 Å². The minimum absolute atomic E-state index is 0.200. The third-order valence-corrected chi connectivity index (χ3v) is 3.67. The molecule has 0 saturated carbocycles. The van der Waals surface area contributed by atoms with Gasteiger partial charge in [0.15, 0.2) is 0 Å². The zero-order valence-corrected chi connectivity index (χ0v) is 13.9. The molecule has 0 amide bonds. The van der Waals surface area contributed by atoms with Crippen molar-refractivity contribution < 1.29 is 13.9 Å². The van der Waals surface area contributed by atoms with E-state index in [1.54, 1.807) is 31.5 Å². The van der Waals surface area contributed by atoms with Crippen LogP contribution in [0.4, 0.5) is 10.1 Å². The summed E-state index contributed by atoms with van der Waals surface area (Å²) >= 11 is 0. The average Bonchev–Trinajstić information content (AvgIpc) is 2.67. The van der Waals surface area contributed by atoms with E-state index in [4.69, 9.17) is 9.47 Å². The summed E-state index contributed by atoms with van der Waals surface area (Å²) in [4.78, 5) is 4.42. The molecule has 0 spiro atoms. The van der Waals surface area contributed by atoms with E-state index in [1.165, 1.54) is 6.07 Å². The second-order valence-electron chi connectivity index (χ2n) is 5.41. The third-order valence-electron chi connectivity index (χ3n) is 3.67. The maximum absolute atomic E-state index is 13.6. The highest BCUT2D eigenvalue weighted by atomic mass is 19.1. The SMILES string of the molecule is COc1ccc(N=Cc2ccc(OCc3ccccc3F)cc2)cc1. The fourth-order valence-corrected chi connectivity index (χ4v) is 2.24. The van der Waals surface area contributed by atoms with Crippen LogP contribution in [0.3, 0.4) is 0 Å². The first-order valence-corrected chi connectivity index (χ1v) is 7.89. The van der Waals surface area contributed by atoms with E-state index in [0.717, 1.165) is 17.0 Å². The first-order valence-electron chi connectivity index (χ1n) is 7.89. The molecule has 0 aromatic heterocycles. The van der Waals surface area contributed by atoms with Crippen LogP contribution in [0.25, 0.3) is 0 Å². The molecule has 3 aromatic carbocycles. The van der Waals surface area contributed by atoms with E-state index in [2.05, 4.69) is 4.99 Å². The van der Waals surface area contributed by atoms with Crippen LogP contribution in [-0.4, -0.2) is 13.3 Å². The molecule has 3 aromatic rings. The number of nitrogens with zero attached hydrogens (tertiary/aromatic N) is 1. The van der Waals surface area contributed by atoms with Crippen LogP contribution in [0.2, 0.25) is 0 Å². The molecule has 0 atom stereocenters. The smallest absolute Gasteiger partial charge is 0.129 e. The highest BCUT2D eigenvalue weighted by Gasteiger charge is 2.01. The number of hydrogen-bond donors (Lipinski definition) is 0. The summed E-state index contributed by atoms with van der Waals surface area (Å²) in [7, 11) is 1.63. The number of halogens is 1. The molecule has 0 radical (unpaired) electrons. The number of ether oxygens (including phenoxy) is 2. The van der Waals surface area contributed by atoms with Gasteiger partial charge in [-0.1, -0.05) is 18.2 Å². The van der Waals surface area contributed by atoms with Gasteiger partial charge in [0.25, 0.3) is 0 Å². The Bertz CT molecular complexity index is 843. The molecule has 0 aliphatic rings. The monoisotopic (exact) mass is 335 g/mol. The molecule has 0 aliphatic heterocycles. The summed E-state index contributed by atoms with van der Waals surface area (Å²) in [5.41, 5.74) is 2.34. The molecule has 4 heteroatoms. The predicted molar refractivity (Wildman–Crippen MR) is 97.4 cm³/mol. The van der Waals surface area contributed by atoms with Crippen LogP contribution < -0.4 is 9.47 Å². The summed E-state index contributed by atoms with van der Waals surface area (Å²) in [5, 5.41) is 0. The van der Waals surface area contributed by atoms with Gasteiger partial charge in [-0.05, 0) is 60.2 Å². The van der Waals surface area contributed by atoms with Gasteiger partial charge in [0, 0.05) is 11.8 Å². The van der Waals surface area contributed by atoms with Gasteiger partial charge in [-0.25, -0.2) is 4.39 Å². The molecule has 3 rings (SSSR count). The molecule has 0 fully saturated rings. The molecular weight excluding hydrogens is 317 g/mol. The molecular formula is C21H18FNO2. The Morgan fingerprint density at radius 2 is 1.56 bits per heavy atom. The second kappa shape index (κ2) is 8.11. The Hall–Kier alpha value is -3.14. The Morgan fingerprint density at radius 1 is 0.880 bits per heavy atom. The van der Waals surface area contributed by atoms with E-state index in [0.29, 0.717) is 11.3 Å². The molecule has 3 nitrogen and oxygen atoms in total. The molecule has 0 bridgehead atoms. The number of rotatable bonds is 6. The van der Waals surface area contributed by atoms with E-state index in [9.17, 15) is 4.39 Å². The fourth-order valence-electron chi connectivity index (χ4n) is 2.24. The van der Waals surface area contributed by atoms with Gasteiger partial charge in [-0.3, -0.25) is 4.99 Å². The van der Waals surface area contributed by atoms with Crippen molar-refractivity contribution in [2.45, 2.75) is 6.61 Å². The average molecular weight is 335 g/mol. The summed E-state index contributed by atoms with van der Waals surface area (Å²) < 4.78 is 24.3. The number of aliphatic imine (C=N–C) groups is 1. The van der Waals surface area contributed by atoms with E-state index < -0.39 is 0 Å². The first kappa shape index (κ1) is 16.7. The quantitative estimate of drug-likeness (QED) is 0.582. The highest BCUT2D eigenvalue weighted by molar-refractivity contribution is 5.82. The lowest BCUT2D eigenvalue weighted by atomic mass is 10.2. The molecule has 126 valence electrons. The molecule has 0 heterocycles. The zero-order chi connectivity index (χ0) is 17.5. The second-order valence-corrected chi connectivity index (χ2v) is 5.41. The Morgan fingerprint density at radius 3 is 2.24 bits per heavy atom. The topological polar surface area (TPSA) is 30.8 Å². The van der Waals surface area contributed by atoms with Gasteiger partial charge in [-0.2, -0.15) is 0 Å². The van der Waals surface area contributed by atoms with Crippen LogP contribution in [0.1, 0.15) is 11.1 Å². The third kappa shape index (κ3) is 4.67. The van der Waals surface area contributed by atoms with Crippen LogP contribution in [0, 0.1) is 5.82 Å². The van der Waals surface area contributed by atoms with Crippen molar-refractivity contribution in [3.8, 4) is 11.5 Å². The summed E-state index contributed by atoms with van der Waals surface area (Å²) in [5.74, 6) is 1.23. The lowest BCUT2D eigenvalue weighted by molar-refractivity contribution is 0.300. The van der Waals surface area contributed by atoms with E-state index in [1.807, 2.05) is 48.5 Å². The number of hydrogen-bond acceptors (Lipinski definition) is 3. The van der Waals surface area contributed by atoms with Gasteiger partial charge in [0.2, 0.25) is 0 Å². The number of methoxy groups -OCH3 is 1. The first-order chi connectivity index (χ1) is 12.2. The molecule has 0 unspecified atom stereocenters. The standard InChI is InChI=1S/C21H18FNO2/c1-24-19-12-8-18(9-13-19)23-14-16-6-10-20(11-7-16)25-15-17-4-2-3-5-21(17)22/h2-14H,15H2,1H3. The summed E-state index contributed by atoms with van der Waals surface area (Å²) in [6.45, 7) is 0.200. The van der Waals surface area contributed by atoms with Crippen molar-refractivity contribution in [2.75, 3.05) is 7.11 Å². The van der Waals surface area contributed by atoms with Crippen molar-refractivity contribution >= 4 is 11.9 Å². The van der Waals surface area contributed by atoms with Crippen molar-refractivity contribution in [3.05, 3.63) is 89.7 Å². The lowest BCUT2D eigenvalue weighted by Gasteiger charge is -2.07. The van der Waals surface area contributed by atoms with E-state index in [-0.39, 0.29) is 12.4 Å². The zero-order valence-electron chi connectivity index (χ0n) is 13.9. The molecule has 25 heavy (non-hydrogen) atoms. The normalized spacial score (nSPS) is 10.8. The van der Waals surface area contributed by atoms with Gasteiger partial charge in [0.1, 0.15) is 23.9 Å². The van der Waals surface area contributed by atoms with Crippen molar-refractivity contribution in [1.82, 2.24) is 0 Å². The van der Waals surface area contributed by atoms with Crippen LogP contribution in [0.5, 0.6) is 11.5 Å². The van der Waals surface area contributed by atoms with Crippen molar-refractivity contribution in [1.29, 1.82) is 0 Å². The molecule has 0 N–H and O–H groups in total. The van der Waals surface area contributed by atoms with Crippen LogP contribution >= 0.6 is 0 Å². The van der Waals surface area contributed by atoms with Crippen molar-refractivity contribution in [3.63, 3.8) is 0 Å². The Kier molecular flexibility index (Phi) is 5.42. The van der Waals surface area contributed by atoms with Gasteiger partial charge >= 0.3 is 0 Å². The van der Waals surface area contributed by atoms with Gasteiger partial charge in [0.05, 0.1) is 12.8 Å². The largest absolute Gasteiger partial charge is 0.497 e. The predicted octanol–water partition coefficient (Wildman–Crippen LogP) is 5.16. The van der Waals surface area contributed by atoms with Gasteiger partial charge < -0.3 is 9.47 Å². The van der Waals surface area contributed by atoms with Crippen LogP contribution in [0.15, 0.2) is 77.8 Å². The fraction of sp³-hybridized carbons (Fsp3) is 0.0952.